The topological polar surface area (TPSA) is 103 Å². The van der Waals surface area contributed by atoms with Gasteiger partial charge in [0.05, 0.1) is 28.8 Å². The fraction of sp³-hybridized carbons (Fsp3) is 0.143. The lowest BCUT2D eigenvalue weighted by atomic mass is 9.95. The lowest BCUT2D eigenvalue weighted by molar-refractivity contribution is -0.139. The predicted octanol–water partition coefficient (Wildman–Crippen LogP) is 5.85. The highest BCUT2D eigenvalue weighted by atomic mass is 35.5. The van der Waals surface area contributed by atoms with Crippen LogP contribution in [-0.2, 0) is 16.0 Å². The molecule has 1 atom stereocenters. The van der Waals surface area contributed by atoms with E-state index in [4.69, 9.17) is 27.9 Å². The molecule has 1 aliphatic heterocycles. The van der Waals surface area contributed by atoms with Crippen molar-refractivity contribution in [2.24, 2.45) is 0 Å². The molecule has 2 heterocycles. The molecule has 1 aromatic heterocycles. The number of ether oxygens (including phenoxy) is 1. The number of phenolic OH excluding ortho intramolecular Hbond substituents is 1. The summed E-state index contributed by atoms with van der Waals surface area (Å²) in [6.07, 6.45) is 2.35. The van der Waals surface area contributed by atoms with E-state index in [-0.39, 0.29) is 39.2 Å². The molecule has 0 spiro atoms. The monoisotopic (exact) mass is 536 g/mol. The van der Waals surface area contributed by atoms with Crippen molar-refractivity contribution >= 4 is 51.6 Å². The third-order valence-electron chi connectivity index (χ3n) is 6.50. The second-order valence-corrected chi connectivity index (χ2v) is 9.48. The Morgan fingerprint density at radius 1 is 1.05 bits per heavy atom. The minimum absolute atomic E-state index is 0.0322. The molecule has 5 rings (SSSR count). The lowest BCUT2D eigenvalue weighted by Crippen LogP contribution is -2.31. The SMILES string of the molecule is COc1c(Cl)cc(/C(O)=C2\C(=O)C(=O)N(CCc3c[nH]c4ccccc34)C2c2cccc(O)c2)cc1Cl. The summed E-state index contributed by atoms with van der Waals surface area (Å²) >= 11 is 12.5. The number of halogens is 2. The number of aromatic nitrogens is 1. The highest BCUT2D eigenvalue weighted by molar-refractivity contribution is 6.46. The average Bonchev–Trinajstić information content (AvgIpc) is 3.40. The van der Waals surface area contributed by atoms with Crippen LogP contribution in [-0.4, -0.2) is 45.4 Å². The molecular weight excluding hydrogens is 515 g/mol. The largest absolute Gasteiger partial charge is 0.508 e. The number of benzene rings is 3. The highest BCUT2D eigenvalue weighted by Crippen LogP contribution is 2.42. The van der Waals surface area contributed by atoms with E-state index in [1.54, 1.807) is 12.1 Å². The first-order valence-electron chi connectivity index (χ1n) is 11.5. The molecule has 0 saturated carbocycles. The number of Topliss-reactive ketones (excluding diaryl/α,β-unsaturated/α-hetero) is 1. The fourth-order valence-electron chi connectivity index (χ4n) is 4.78. The van der Waals surface area contributed by atoms with Crippen LogP contribution in [0.5, 0.6) is 11.5 Å². The van der Waals surface area contributed by atoms with Crippen LogP contribution in [0.3, 0.4) is 0 Å². The summed E-state index contributed by atoms with van der Waals surface area (Å²) in [5.41, 5.74) is 2.48. The summed E-state index contributed by atoms with van der Waals surface area (Å²) in [6.45, 7) is 0.202. The molecule has 1 aliphatic rings. The van der Waals surface area contributed by atoms with Crippen LogP contribution < -0.4 is 4.74 Å². The van der Waals surface area contributed by atoms with Crippen molar-refractivity contribution in [1.29, 1.82) is 0 Å². The maximum absolute atomic E-state index is 13.3. The zero-order valence-electron chi connectivity index (χ0n) is 19.7. The summed E-state index contributed by atoms with van der Waals surface area (Å²) in [5, 5.41) is 22.7. The Hall–Kier alpha value is -3.94. The minimum atomic E-state index is -0.933. The maximum Gasteiger partial charge on any atom is 0.295 e. The van der Waals surface area contributed by atoms with Crippen LogP contribution in [0.15, 0.2) is 72.4 Å². The van der Waals surface area contributed by atoms with Crippen LogP contribution in [0, 0.1) is 0 Å². The number of nitrogens with one attached hydrogen (secondary N) is 1. The van der Waals surface area contributed by atoms with Gasteiger partial charge in [0.15, 0.2) is 5.75 Å². The molecule has 1 amide bonds. The summed E-state index contributed by atoms with van der Waals surface area (Å²) < 4.78 is 5.17. The van der Waals surface area contributed by atoms with Gasteiger partial charge in [0.1, 0.15) is 11.5 Å². The number of carbonyl (C=O) groups is 2. The Morgan fingerprint density at radius 3 is 2.49 bits per heavy atom. The van der Waals surface area contributed by atoms with Crippen LogP contribution in [0.4, 0.5) is 0 Å². The van der Waals surface area contributed by atoms with Gasteiger partial charge in [0.2, 0.25) is 0 Å². The Kier molecular flexibility index (Phi) is 6.58. The van der Waals surface area contributed by atoms with E-state index in [0.29, 0.717) is 12.0 Å². The molecular formula is C28H22Cl2N2O5. The van der Waals surface area contributed by atoms with Crippen LogP contribution in [0.2, 0.25) is 10.0 Å². The van der Waals surface area contributed by atoms with Crippen LogP contribution >= 0.6 is 23.2 Å². The van der Waals surface area contributed by atoms with E-state index in [1.807, 2.05) is 30.5 Å². The van der Waals surface area contributed by atoms with Crippen molar-refractivity contribution in [1.82, 2.24) is 9.88 Å². The van der Waals surface area contributed by atoms with Crippen molar-refractivity contribution in [2.75, 3.05) is 13.7 Å². The van der Waals surface area contributed by atoms with E-state index >= 15 is 0 Å². The van der Waals surface area contributed by atoms with E-state index in [9.17, 15) is 19.8 Å². The number of methoxy groups -OCH3 is 1. The molecule has 3 N–H and O–H groups in total. The van der Waals surface area contributed by atoms with Crippen molar-refractivity contribution < 1.29 is 24.5 Å². The number of aromatic hydroxyl groups is 1. The number of hydrogen-bond donors (Lipinski definition) is 3. The summed E-state index contributed by atoms with van der Waals surface area (Å²) in [6, 6.07) is 16.0. The Balaban J connectivity index is 1.60. The molecule has 37 heavy (non-hydrogen) atoms. The number of aliphatic hydroxyl groups is 1. The van der Waals surface area contributed by atoms with Gasteiger partial charge in [-0.1, -0.05) is 53.5 Å². The smallest absolute Gasteiger partial charge is 0.295 e. The fourth-order valence-corrected chi connectivity index (χ4v) is 5.42. The first-order valence-corrected chi connectivity index (χ1v) is 12.2. The summed E-state index contributed by atoms with van der Waals surface area (Å²) in [4.78, 5) is 31.2. The lowest BCUT2D eigenvalue weighted by Gasteiger charge is -2.25. The zero-order valence-corrected chi connectivity index (χ0v) is 21.2. The van der Waals surface area contributed by atoms with Crippen molar-refractivity contribution in [3.63, 3.8) is 0 Å². The van der Waals surface area contributed by atoms with Crippen molar-refractivity contribution in [3.05, 3.63) is 99.2 Å². The number of ketones is 1. The van der Waals surface area contributed by atoms with Gasteiger partial charge < -0.3 is 24.8 Å². The van der Waals surface area contributed by atoms with Gasteiger partial charge in [0, 0.05) is 29.2 Å². The Morgan fingerprint density at radius 2 is 1.78 bits per heavy atom. The number of likely N-dealkylation sites (tertiary alicyclic amines) is 1. The predicted molar refractivity (Wildman–Crippen MR) is 142 cm³/mol. The van der Waals surface area contributed by atoms with Gasteiger partial charge in [-0.2, -0.15) is 0 Å². The maximum atomic E-state index is 13.3. The number of carbonyl (C=O) groups excluding carboxylic acids is 2. The number of nitrogens with zero attached hydrogens (tertiary/aromatic N) is 1. The number of fused-ring (bicyclic) bond motifs is 1. The number of aromatic amines is 1. The number of rotatable bonds is 6. The van der Waals surface area contributed by atoms with Gasteiger partial charge in [-0.05, 0) is 47.9 Å². The number of amides is 1. The van der Waals surface area contributed by atoms with Crippen molar-refractivity contribution in [2.45, 2.75) is 12.5 Å². The van der Waals surface area contributed by atoms with Gasteiger partial charge in [0.25, 0.3) is 11.7 Å². The number of H-pyrrole nitrogens is 1. The summed E-state index contributed by atoms with van der Waals surface area (Å²) in [7, 11) is 1.41. The molecule has 0 bridgehead atoms. The average molecular weight is 537 g/mol. The van der Waals surface area contributed by atoms with E-state index in [2.05, 4.69) is 4.98 Å². The first kappa shape index (κ1) is 24.7. The van der Waals surface area contributed by atoms with Crippen LogP contribution in [0.1, 0.15) is 22.7 Å². The second-order valence-electron chi connectivity index (χ2n) is 8.67. The molecule has 0 aliphatic carbocycles. The normalized spacial score (nSPS) is 17.1. The number of para-hydroxylation sites is 1. The molecule has 7 nitrogen and oxygen atoms in total. The zero-order chi connectivity index (χ0) is 26.3. The van der Waals surface area contributed by atoms with E-state index in [1.165, 1.54) is 36.3 Å². The standard InChI is InChI=1S/C28H22Cl2N2O5/c1-37-27-20(29)12-17(13-21(27)30)25(34)23-24(15-5-4-6-18(33)11-15)32(28(36)26(23)35)10-9-16-14-31-22-8-3-2-7-19(16)22/h2-8,11-14,24,31,33-34H,9-10H2,1H3/b25-23+. The molecule has 1 unspecified atom stereocenters. The number of hydrogen-bond acceptors (Lipinski definition) is 5. The molecule has 188 valence electrons. The Bertz CT molecular complexity index is 1550. The Labute approximate surface area is 222 Å². The molecule has 1 fully saturated rings. The van der Waals surface area contributed by atoms with Gasteiger partial charge in [-0.25, -0.2) is 0 Å². The third kappa shape index (κ3) is 4.41. The number of aliphatic hydroxyl groups excluding tert-OH is 1. The van der Waals surface area contributed by atoms with Crippen LogP contribution in [0.25, 0.3) is 16.7 Å². The van der Waals surface area contributed by atoms with Gasteiger partial charge >= 0.3 is 0 Å². The number of phenols is 1. The van der Waals surface area contributed by atoms with E-state index in [0.717, 1.165) is 16.5 Å². The molecule has 4 aromatic rings. The molecule has 3 aromatic carbocycles. The molecule has 1 saturated heterocycles. The first-order chi connectivity index (χ1) is 17.8. The second kappa shape index (κ2) is 9.84. The molecule has 0 radical (unpaired) electrons. The highest BCUT2D eigenvalue weighted by Gasteiger charge is 2.46. The van der Waals surface area contributed by atoms with Crippen molar-refractivity contribution in [3.8, 4) is 11.5 Å². The quantitative estimate of drug-likeness (QED) is 0.163. The summed E-state index contributed by atoms with van der Waals surface area (Å²) in [5.74, 6) is -1.82. The van der Waals surface area contributed by atoms with Gasteiger partial charge in [-0.3, -0.25) is 9.59 Å². The minimum Gasteiger partial charge on any atom is -0.508 e. The molecule has 9 heteroatoms. The third-order valence-corrected chi connectivity index (χ3v) is 7.06. The van der Waals surface area contributed by atoms with Gasteiger partial charge in [-0.15, -0.1) is 0 Å². The van der Waals surface area contributed by atoms with E-state index < -0.39 is 23.5 Å².